The number of rotatable bonds is 10. The molecular weight excluding hydrogens is 436 g/mol. The Morgan fingerprint density at radius 3 is 2.44 bits per heavy atom. The summed E-state index contributed by atoms with van der Waals surface area (Å²) in [5.41, 5.74) is 0. The van der Waals surface area contributed by atoms with E-state index in [-0.39, 0.29) is 17.2 Å². The van der Waals surface area contributed by atoms with Crippen LogP contribution in [0.25, 0.3) is 0 Å². The van der Waals surface area contributed by atoms with Crippen molar-refractivity contribution in [3.8, 4) is 0 Å². The minimum atomic E-state index is -1.88. The molecule has 6 heteroatoms. The van der Waals surface area contributed by atoms with E-state index in [4.69, 9.17) is 18.6 Å². The summed E-state index contributed by atoms with van der Waals surface area (Å²) in [5.74, 6) is 0.892. The highest BCUT2D eigenvalue weighted by atomic mass is 32.2. The number of hydrogen-bond donors (Lipinski definition) is 0. The van der Waals surface area contributed by atoms with Gasteiger partial charge in [-0.1, -0.05) is 51.1 Å². The smallest absolute Gasteiger partial charge is 0.192 e. The average Bonchev–Trinajstić information content (AvgIpc) is 3.06. The predicted octanol–water partition coefficient (Wildman–Crippen LogP) is 6.53. The molecular formula is C26H42O4SSi. The van der Waals surface area contributed by atoms with E-state index in [9.17, 15) is 0 Å². The SMILES string of the molecule is COCCOCO[C@H]1CC[C@@H]2[C@H]1C=C[C@@H](Sc1ccccc1)C[C@@H]2O[Si](C)(C)C(C)(C)C. The lowest BCUT2D eigenvalue weighted by Gasteiger charge is -2.42. The summed E-state index contributed by atoms with van der Waals surface area (Å²) < 4.78 is 23.9. The number of benzene rings is 1. The molecule has 3 rings (SSSR count). The number of hydrogen-bond acceptors (Lipinski definition) is 5. The molecule has 0 N–H and O–H groups in total. The fourth-order valence-electron chi connectivity index (χ4n) is 4.44. The first kappa shape index (κ1) is 26.0. The lowest BCUT2D eigenvalue weighted by atomic mass is 9.90. The summed E-state index contributed by atoms with van der Waals surface area (Å²) >= 11 is 1.95. The van der Waals surface area contributed by atoms with Crippen LogP contribution in [-0.2, 0) is 18.6 Å². The van der Waals surface area contributed by atoms with Gasteiger partial charge in [-0.05, 0) is 55.4 Å². The molecule has 0 aromatic heterocycles. The van der Waals surface area contributed by atoms with Gasteiger partial charge in [-0.15, -0.1) is 11.8 Å². The van der Waals surface area contributed by atoms with Crippen molar-refractivity contribution in [1.29, 1.82) is 0 Å². The summed E-state index contributed by atoms with van der Waals surface area (Å²) in [6, 6.07) is 10.7. The molecule has 180 valence electrons. The molecule has 5 atom stereocenters. The largest absolute Gasteiger partial charge is 0.414 e. The summed E-state index contributed by atoms with van der Waals surface area (Å²) in [7, 11) is -0.186. The first-order valence-electron chi connectivity index (χ1n) is 12.0. The second-order valence-electron chi connectivity index (χ2n) is 10.5. The molecule has 0 bridgehead atoms. The number of methoxy groups -OCH3 is 1. The van der Waals surface area contributed by atoms with Crippen molar-refractivity contribution in [2.24, 2.45) is 11.8 Å². The highest BCUT2D eigenvalue weighted by molar-refractivity contribution is 8.00. The predicted molar refractivity (Wildman–Crippen MR) is 136 cm³/mol. The Morgan fingerprint density at radius 1 is 1.00 bits per heavy atom. The Kier molecular flexibility index (Phi) is 9.48. The van der Waals surface area contributed by atoms with E-state index >= 15 is 0 Å². The van der Waals surface area contributed by atoms with Gasteiger partial charge >= 0.3 is 0 Å². The molecule has 0 heterocycles. The van der Waals surface area contributed by atoms with Gasteiger partial charge in [-0.2, -0.15) is 0 Å². The van der Waals surface area contributed by atoms with Crippen molar-refractivity contribution in [3.05, 3.63) is 42.5 Å². The van der Waals surface area contributed by atoms with Crippen LogP contribution in [0.2, 0.25) is 18.1 Å². The molecule has 0 aliphatic heterocycles. The van der Waals surface area contributed by atoms with Crippen molar-refractivity contribution in [2.75, 3.05) is 27.1 Å². The second kappa shape index (κ2) is 11.7. The molecule has 0 spiro atoms. The molecule has 2 aliphatic carbocycles. The van der Waals surface area contributed by atoms with Crippen LogP contribution in [0.3, 0.4) is 0 Å². The highest BCUT2D eigenvalue weighted by Crippen LogP contribution is 2.47. The molecule has 0 amide bonds. The first-order chi connectivity index (χ1) is 15.2. The Labute approximate surface area is 200 Å². The van der Waals surface area contributed by atoms with Crippen LogP contribution in [-0.4, -0.2) is 52.9 Å². The minimum absolute atomic E-state index is 0.199. The summed E-state index contributed by atoms with van der Waals surface area (Å²) in [6.45, 7) is 13.3. The van der Waals surface area contributed by atoms with Gasteiger partial charge in [-0.25, -0.2) is 0 Å². The third-order valence-corrected chi connectivity index (χ3v) is 13.0. The van der Waals surface area contributed by atoms with Crippen LogP contribution in [0.1, 0.15) is 40.0 Å². The van der Waals surface area contributed by atoms with Gasteiger partial charge in [0.15, 0.2) is 8.32 Å². The Balaban J connectivity index is 1.74. The zero-order valence-electron chi connectivity index (χ0n) is 20.7. The molecule has 4 nitrogen and oxygen atoms in total. The van der Waals surface area contributed by atoms with Crippen LogP contribution >= 0.6 is 11.8 Å². The van der Waals surface area contributed by atoms with Crippen molar-refractivity contribution in [3.63, 3.8) is 0 Å². The van der Waals surface area contributed by atoms with Gasteiger partial charge < -0.3 is 18.6 Å². The molecule has 2 aliphatic rings. The number of fused-ring (bicyclic) bond motifs is 1. The maximum atomic E-state index is 7.09. The number of ether oxygens (including phenoxy) is 3. The lowest BCUT2D eigenvalue weighted by Crippen LogP contribution is -2.46. The summed E-state index contributed by atoms with van der Waals surface area (Å²) in [5, 5.41) is 0.616. The van der Waals surface area contributed by atoms with Crippen molar-refractivity contribution in [2.45, 2.75) is 80.5 Å². The van der Waals surface area contributed by atoms with E-state index in [1.165, 1.54) is 4.90 Å². The minimum Gasteiger partial charge on any atom is -0.414 e. The van der Waals surface area contributed by atoms with Crippen molar-refractivity contribution >= 4 is 20.1 Å². The quantitative estimate of drug-likeness (QED) is 0.165. The Morgan fingerprint density at radius 2 is 1.75 bits per heavy atom. The van der Waals surface area contributed by atoms with Gasteiger partial charge in [-0.3, -0.25) is 0 Å². The van der Waals surface area contributed by atoms with Crippen LogP contribution in [0.4, 0.5) is 0 Å². The molecule has 32 heavy (non-hydrogen) atoms. The molecule has 0 radical (unpaired) electrons. The number of thioether (sulfide) groups is 1. The molecule has 1 aromatic carbocycles. The lowest BCUT2D eigenvalue weighted by molar-refractivity contribution is -0.106. The Hall–Kier alpha value is -0.633. The van der Waals surface area contributed by atoms with E-state index < -0.39 is 8.32 Å². The first-order valence-corrected chi connectivity index (χ1v) is 15.8. The fraction of sp³-hybridized carbons (Fsp3) is 0.692. The van der Waals surface area contributed by atoms with Crippen molar-refractivity contribution in [1.82, 2.24) is 0 Å². The van der Waals surface area contributed by atoms with E-state index in [0.29, 0.717) is 37.1 Å². The van der Waals surface area contributed by atoms with Gasteiger partial charge in [0, 0.05) is 29.3 Å². The molecule has 1 saturated carbocycles. The van der Waals surface area contributed by atoms with Crippen LogP contribution in [0.5, 0.6) is 0 Å². The van der Waals surface area contributed by atoms with Crippen molar-refractivity contribution < 1.29 is 18.6 Å². The zero-order chi connectivity index (χ0) is 23.2. The van der Waals surface area contributed by atoms with Crippen LogP contribution < -0.4 is 0 Å². The molecule has 0 unspecified atom stereocenters. The van der Waals surface area contributed by atoms with Gasteiger partial charge in [0.2, 0.25) is 0 Å². The van der Waals surface area contributed by atoms with Gasteiger partial charge in [0.25, 0.3) is 0 Å². The van der Waals surface area contributed by atoms with E-state index in [2.05, 4.69) is 76.3 Å². The van der Waals surface area contributed by atoms with Gasteiger partial charge in [0.1, 0.15) is 6.79 Å². The zero-order valence-corrected chi connectivity index (χ0v) is 22.5. The van der Waals surface area contributed by atoms with Crippen LogP contribution in [0.15, 0.2) is 47.4 Å². The molecule has 1 fully saturated rings. The van der Waals surface area contributed by atoms with Gasteiger partial charge in [0.05, 0.1) is 19.3 Å². The average molecular weight is 479 g/mol. The third kappa shape index (κ3) is 6.94. The monoisotopic (exact) mass is 478 g/mol. The maximum Gasteiger partial charge on any atom is 0.192 e. The summed E-state index contributed by atoms with van der Waals surface area (Å²) in [4.78, 5) is 1.32. The normalized spacial score (nSPS) is 28.5. The van der Waals surface area contributed by atoms with Crippen LogP contribution in [0, 0.1) is 11.8 Å². The third-order valence-electron chi connectivity index (χ3n) is 7.28. The van der Waals surface area contributed by atoms with E-state index in [0.717, 1.165) is 19.3 Å². The molecule has 0 saturated heterocycles. The van der Waals surface area contributed by atoms with E-state index in [1.54, 1.807) is 7.11 Å². The summed E-state index contributed by atoms with van der Waals surface area (Å²) in [6.07, 6.45) is 8.58. The fourth-order valence-corrected chi connectivity index (χ4v) is 6.94. The Bertz CT molecular complexity index is 718. The second-order valence-corrected chi connectivity index (χ2v) is 16.6. The highest BCUT2D eigenvalue weighted by Gasteiger charge is 2.46. The van der Waals surface area contributed by atoms with E-state index in [1.807, 2.05) is 11.8 Å². The maximum absolute atomic E-state index is 7.09. The topological polar surface area (TPSA) is 36.9 Å². The molecule has 1 aromatic rings. The standard InChI is InChI=1S/C26H42O4SSi/c1-26(2,3)32(5,6)30-25-18-21(31-20-10-8-7-9-11-20)12-13-22-23(25)14-15-24(22)29-19-28-17-16-27-4/h7-13,21-25H,14-19H2,1-6H3/t21-,22-,23-,24+,25+/m1/s1.